The SMILES string of the molecule is CC(C(=O)NCCCN1CCN(C)CC1)C1CCN(C(=O)c2cc3cc(Cl)ccc3[nH]2)CC1. The number of benzene rings is 1. The number of H-pyrrole nitrogens is 1. The summed E-state index contributed by atoms with van der Waals surface area (Å²) in [5.41, 5.74) is 1.51. The number of likely N-dealkylation sites (N-methyl/N-ethyl adjacent to an activating group) is 1. The quantitative estimate of drug-likeness (QED) is 0.606. The summed E-state index contributed by atoms with van der Waals surface area (Å²) in [5, 5.41) is 4.74. The van der Waals surface area contributed by atoms with E-state index in [1.54, 1.807) is 0 Å². The lowest BCUT2D eigenvalue weighted by Crippen LogP contribution is -2.45. The maximum absolute atomic E-state index is 13.0. The molecule has 2 amide bonds. The van der Waals surface area contributed by atoms with Crippen LogP contribution < -0.4 is 5.32 Å². The normalized spacial score (nSPS) is 19.7. The predicted octanol–water partition coefficient (Wildman–Crippen LogP) is 3.06. The second-order valence-electron chi connectivity index (χ2n) is 9.62. The van der Waals surface area contributed by atoms with Crippen LogP contribution in [0.25, 0.3) is 10.9 Å². The van der Waals surface area contributed by atoms with Crippen LogP contribution in [0.2, 0.25) is 5.02 Å². The van der Waals surface area contributed by atoms with Crippen LogP contribution in [0.4, 0.5) is 0 Å². The number of nitrogens with zero attached hydrogens (tertiary/aromatic N) is 3. The average Bonchev–Trinajstić information content (AvgIpc) is 3.25. The number of likely N-dealkylation sites (tertiary alicyclic amines) is 1. The van der Waals surface area contributed by atoms with Crippen molar-refractivity contribution >= 4 is 34.3 Å². The lowest BCUT2D eigenvalue weighted by atomic mass is 9.84. The second-order valence-corrected chi connectivity index (χ2v) is 10.1. The first kappa shape index (κ1) is 24.0. The summed E-state index contributed by atoms with van der Waals surface area (Å²) in [7, 11) is 2.16. The topological polar surface area (TPSA) is 71.7 Å². The Balaban J connectivity index is 1.19. The van der Waals surface area contributed by atoms with E-state index in [9.17, 15) is 9.59 Å². The summed E-state index contributed by atoms with van der Waals surface area (Å²) in [6, 6.07) is 7.45. The van der Waals surface area contributed by atoms with Gasteiger partial charge in [0.15, 0.2) is 0 Å². The summed E-state index contributed by atoms with van der Waals surface area (Å²) in [4.78, 5) is 35.6. The Labute approximate surface area is 201 Å². The molecule has 1 aromatic carbocycles. The van der Waals surface area contributed by atoms with Gasteiger partial charge in [0.1, 0.15) is 5.69 Å². The average molecular weight is 474 g/mol. The molecule has 1 aromatic heterocycles. The number of fused-ring (bicyclic) bond motifs is 1. The Bertz CT molecular complexity index is 961. The number of hydrogen-bond acceptors (Lipinski definition) is 4. The fourth-order valence-electron chi connectivity index (χ4n) is 4.95. The number of rotatable bonds is 7. The Hall–Kier alpha value is -2.09. The number of carbonyl (C=O) groups is 2. The Morgan fingerprint density at radius 3 is 2.58 bits per heavy atom. The van der Waals surface area contributed by atoms with Crippen LogP contribution in [0, 0.1) is 11.8 Å². The van der Waals surface area contributed by atoms with E-state index < -0.39 is 0 Å². The molecule has 7 nitrogen and oxygen atoms in total. The smallest absolute Gasteiger partial charge is 0.270 e. The van der Waals surface area contributed by atoms with E-state index in [0.717, 1.165) is 69.4 Å². The van der Waals surface area contributed by atoms with Gasteiger partial charge in [0.2, 0.25) is 5.91 Å². The standard InChI is InChI=1S/C25H36ClN5O2/c1-18(24(32)27-8-3-9-30-14-12-29(2)13-15-30)19-6-10-31(11-7-19)25(33)23-17-20-16-21(26)4-5-22(20)28-23/h4-5,16-19,28H,3,6-15H2,1-2H3,(H,27,32). The van der Waals surface area contributed by atoms with Crippen molar-refractivity contribution in [3.05, 3.63) is 35.0 Å². The number of amides is 2. The van der Waals surface area contributed by atoms with Gasteiger partial charge in [-0.1, -0.05) is 18.5 Å². The van der Waals surface area contributed by atoms with Crippen molar-refractivity contribution in [1.29, 1.82) is 0 Å². The fraction of sp³-hybridized carbons (Fsp3) is 0.600. The zero-order chi connectivity index (χ0) is 23.4. The molecule has 0 aliphatic carbocycles. The predicted molar refractivity (Wildman–Crippen MR) is 133 cm³/mol. The molecule has 0 saturated carbocycles. The second kappa shape index (κ2) is 10.9. The Kier molecular flexibility index (Phi) is 7.94. The number of carbonyl (C=O) groups excluding carboxylic acids is 2. The maximum atomic E-state index is 13.0. The number of aromatic amines is 1. The van der Waals surface area contributed by atoms with Crippen molar-refractivity contribution < 1.29 is 9.59 Å². The van der Waals surface area contributed by atoms with Gasteiger partial charge in [-0.25, -0.2) is 0 Å². The summed E-state index contributed by atoms with van der Waals surface area (Å²) in [5.74, 6) is 0.446. The van der Waals surface area contributed by atoms with Gasteiger partial charge >= 0.3 is 0 Å². The molecular formula is C25H36ClN5O2. The molecule has 180 valence electrons. The highest BCUT2D eigenvalue weighted by Crippen LogP contribution is 2.27. The van der Waals surface area contributed by atoms with Crippen LogP contribution in [-0.4, -0.2) is 90.9 Å². The third-order valence-electron chi connectivity index (χ3n) is 7.31. The third-order valence-corrected chi connectivity index (χ3v) is 7.54. The molecule has 0 radical (unpaired) electrons. The van der Waals surface area contributed by atoms with Crippen LogP contribution in [-0.2, 0) is 4.79 Å². The summed E-state index contributed by atoms with van der Waals surface area (Å²) >= 11 is 6.06. The molecule has 1 atom stereocenters. The van der Waals surface area contributed by atoms with Crippen LogP contribution in [0.3, 0.4) is 0 Å². The van der Waals surface area contributed by atoms with Gasteiger partial charge in [0.25, 0.3) is 5.91 Å². The molecule has 4 rings (SSSR count). The van der Waals surface area contributed by atoms with E-state index in [-0.39, 0.29) is 17.7 Å². The molecule has 8 heteroatoms. The van der Waals surface area contributed by atoms with E-state index in [2.05, 4.69) is 27.1 Å². The van der Waals surface area contributed by atoms with Gasteiger partial charge in [0, 0.05) is 67.7 Å². The van der Waals surface area contributed by atoms with Gasteiger partial charge < -0.3 is 25.0 Å². The molecule has 0 spiro atoms. The highest BCUT2D eigenvalue weighted by molar-refractivity contribution is 6.31. The molecule has 2 aromatic rings. The number of piperidine rings is 1. The van der Waals surface area contributed by atoms with Crippen molar-refractivity contribution in [2.45, 2.75) is 26.2 Å². The minimum atomic E-state index is -0.0268. The molecule has 2 saturated heterocycles. The van der Waals surface area contributed by atoms with E-state index >= 15 is 0 Å². The molecular weight excluding hydrogens is 438 g/mol. The molecule has 2 aliphatic rings. The molecule has 2 aliphatic heterocycles. The lowest BCUT2D eigenvalue weighted by molar-refractivity contribution is -0.126. The van der Waals surface area contributed by atoms with Crippen LogP contribution >= 0.6 is 11.6 Å². The summed E-state index contributed by atoms with van der Waals surface area (Å²) in [6.45, 7) is 9.65. The zero-order valence-electron chi connectivity index (χ0n) is 19.8. The first-order valence-electron chi connectivity index (χ1n) is 12.2. The van der Waals surface area contributed by atoms with Crippen LogP contribution in [0.5, 0.6) is 0 Å². The van der Waals surface area contributed by atoms with E-state index in [1.165, 1.54) is 0 Å². The van der Waals surface area contributed by atoms with Crippen molar-refractivity contribution in [3.63, 3.8) is 0 Å². The first-order valence-corrected chi connectivity index (χ1v) is 12.5. The molecule has 0 bridgehead atoms. The number of halogens is 1. The minimum absolute atomic E-state index is 0.0155. The van der Waals surface area contributed by atoms with Crippen molar-refractivity contribution in [2.24, 2.45) is 11.8 Å². The number of aromatic nitrogens is 1. The van der Waals surface area contributed by atoms with Crippen molar-refractivity contribution in [1.82, 2.24) is 25.0 Å². The van der Waals surface area contributed by atoms with Gasteiger partial charge in [-0.3, -0.25) is 9.59 Å². The monoisotopic (exact) mass is 473 g/mol. The van der Waals surface area contributed by atoms with Gasteiger partial charge in [-0.15, -0.1) is 0 Å². The van der Waals surface area contributed by atoms with E-state index in [4.69, 9.17) is 11.6 Å². The zero-order valence-corrected chi connectivity index (χ0v) is 20.5. The molecule has 2 N–H and O–H groups in total. The van der Waals surface area contributed by atoms with Crippen LogP contribution in [0.15, 0.2) is 24.3 Å². The molecule has 3 heterocycles. The van der Waals surface area contributed by atoms with Crippen molar-refractivity contribution in [3.8, 4) is 0 Å². The molecule has 2 fully saturated rings. The highest BCUT2D eigenvalue weighted by atomic mass is 35.5. The lowest BCUT2D eigenvalue weighted by Gasteiger charge is -2.34. The maximum Gasteiger partial charge on any atom is 0.270 e. The molecule has 1 unspecified atom stereocenters. The minimum Gasteiger partial charge on any atom is -0.356 e. The highest BCUT2D eigenvalue weighted by Gasteiger charge is 2.30. The first-order chi connectivity index (χ1) is 15.9. The molecule has 33 heavy (non-hydrogen) atoms. The van der Waals surface area contributed by atoms with Gasteiger partial charge in [0.05, 0.1) is 0 Å². The van der Waals surface area contributed by atoms with E-state index in [1.807, 2.05) is 36.1 Å². The van der Waals surface area contributed by atoms with Crippen molar-refractivity contribution in [2.75, 3.05) is 59.4 Å². The number of hydrogen-bond donors (Lipinski definition) is 2. The fourth-order valence-corrected chi connectivity index (χ4v) is 5.13. The van der Waals surface area contributed by atoms with Gasteiger partial charge in [-0.05, 0) is 63.0 Å². The van der Waals surface area contributed by atoms with Gasteiger partial charge in [-0.2, -0.15) is 0 Å². The Morgan fingerprint density at radius 1 is 1.12 bits per heavy atom. The number of piperazine rings is 1. The van der Waals surface area contributed by atoms with Crippen LogP contribution in [0.1, 0.15) is 36.7 Å². The number of nitrogens with one attached hydrogen (secondary N) is 2. The van der Waals surface area contributed by atoms with E-state index in [0.29, 0.717) is 29.7 Å². The Morgan fingerprint density at radius 2 is 1.85 bits per heavy atom. The largest absolute Gasteiger partial charge is 0.356 e. The summed E-state index contributed by atoms with van der Waals surface area (Å²) < 4.78 is 0. The summed E-state index contributed by atoms with van der Waals surface area (Å²) in [6.07, 6.45) is 2.70. The third kappa shape index (κ3) is 6.08.